The van der Waals surface area contributed by atoms with Gasteiger partial charge in [-0.15, -0.1) is 0 Å². The second-order valence-corrected chi connectivity index (χ2v) is 8.83. The average molecular weight is 476 g/mol. The second-order valence-electron chi connectivity index (χ2n) is 8.83. The molecule has 5 heteroatoms. The number of hydrogen-bond acceptors (Lipinski definition) is 4. The maximum atomic E-state index is 5.04. The van der Waals surface area contributed by atoms with Crippen molar-refractivity contribution in [2.75, 3.05) is 0 Å². The third kappa shape index (κ3) is 3.74. The normalized spacial score (nSPS) is 11.2. The zero-order valence-electron chi connectivity index (χ0n) is 19.9. The highest BCUT2D eigenvalue weighted by Gasteiger charge is 2.14. The Morgan fingerprint density at radius 2 is 1.14 bits per heavy atom. The predicted octanol–water partition coefficient (Wildman–Crippen LogP) is 7.36. The van der Waals surface area contributed by atoms with Crippen LogP contribution in [0.4, 0.5) is 0 Å². The van der Waals surface area contributed by atoms with E-state index in [2.05, 4.69) is 69.1 Å². The molecule has 0 bridgehead atoms. The molecule has 0 spiro atoms. The zero-order chi connectivity index (χ0) is 24.6. The van der Waals surface area contributed by atoms with E-state index in [9.17, 15) is 0 Å². The Morgan fingerprint density at radius 3 is 1.97 bits per heavy atom. The highest BCUT2D eigenvalue weighted by molar-refractivity contribution is 6.08. The SMILES string of the molecule is c1ccc(-c2ccc(-c3cccc(-c4cccc(-n5c6ccccc6c6ccncc65)n4)n3)cc2)nc1. The summed E-state index contributed by atoms with van der Waals surface area (Å²) in [4.78, 5) is 18.8. The Kier molecular flexibility index (Phi) is 5.03. The molecule has 0 aliphatic heterocycles. The topological polar surface area (TPSA) is 56.5 Å². The van der Waals surface area contributed by atoms with Gasteiger partial charge in [0.2, 0.25) is 0 Å². The standard InChI is InChI=1S/C32H21N5/c1-2-12-30-24(7-1)25-18-20-33-21-31(25)37(30)32-13-6-11-29(36-32)28-10-5-9-27(35-28)23-16-14-22(15-17-23)26-8-3-4-19-34-26/h1-21H. The third-order valence-corrected chi connectivity index (χ3v) is 6.59. The van der Waals surface area contributed by atoms with Gasteiger partial charge in [0.05, 0.1) is 40.0 Å². The Hall–Kier alpha value is -5.16. The van der Waals surface area contributed by atoms with E-state index < -0.39 is 0 Å². The van der Waals surface area contributed by atoms with Crippen LogP contribution >= 0.6 is 0 Å². The summed E-state index contributed by atoms with van der Waals surface area (Å²) < 4.78 is 2.17. The number of pyridine rings is 4. The molecule has 2 aromatic carbocycles. The molecule has 5 nitrogen and oxygen atoms in total. The summed E-state index contributed by atoms with van der Waals surface area (Å²) in [6.45, 7) is 0. The quantitative estimate of drug-likeness (QED) is 0.267. The van der Waals surface area contributed by atoms with Crippen LogP contribution in [0.5, 0.6) is 0 Å². The molecule has 0 amide bonds. The van der Waals surface area contributed by atoms with Crippen molar-refractivity contribution in [1.29, 1.82) is 0 Å². The second kappa shape index (κ2) is 8.81. The summed E-state index contributed by atoms with van der Waals surface area (Å²) in [6, 6.07) is 36.9. The first kappa shape index (κ1) is 21.1. The van der Waals surface area contributed by atoms with E-state index in [1.165, 1.54) is 5.39 Å². The Balaban J connectivity index is 1.29. The predicted molar refractivity (Wildman–Crippen MR) is 148 cm³/mol. The highest BCUT2D eigenvalue weighted by Crippen LogP contribution is 2.31. The summed E-state index contributed by atoms with van der Waals surface area (Å²) in [5.74, 6) is 0.837. The fourth-order valence-electron chi connectivity index (χ4n) is 4.84. The molecule has 174 valence electrons. The first-order chi connectivity index (χ1) is 18.3. The van der Waals surface area contributed by atoms with Crippen molar-refractivity contribution >= 4 is 21.8 Å². The summed E-state index contributed by atoms with van der Waals surface area (Å²) in [5, 5.41) is 2.34. The molecular formula is C32H21N5. The molecule has 0 saturated carbocycles. The number of hydrogen-bond donors (Lipinski definition) is 0. The Bertz CT molecular complexity index is 1820. The summed E-state index contributed by atoms with van der Waals surface area (Å²) in [7, 11) is 0. The molecule has 0 fully saturated rings. The maximum absolute atomic E-state index is 5.04. The molecule has 0 aliphatic carbocycles. The lowest BCUT2D eigenvalue weighted by Crippen LogP contribution is -1.99. The van der Waals surface area contributed by atoms with Gasteiger partial charge in [-0.05, 0) is 48.5 Å². The molecule has 7 rings (SSSR count). The monoisotopic (exact) mass is 475 g/mol. The number of aromatic nitrogens is 5. The molecule has 0 radical (unpaired) electrons. The van der Waals surface area contributed by atoms with E-state index in [1.54, 1.807) is 0 Å². The van der Waals surface area contributed by atoms with Gasteiger partial charge in [0.15, 0.2) is 0 Å². The minimum Gasteiger partial charge on any atom is -0.292 e. The first-order valence-corrected chi connectivity index (χ1v) is 12.1. The molecule has 0 N–H and O–H groups in total. The fourth-order valence-corrected chi connectivity index (χ4v) is 4.84. The molecular weight excluding hydrogens is 454 g/mol. The maximum Gasteiger partial charge on any atom is 0.138 e. The zero-order valence-corrected chi connectivity index (χ0v) is 19.9. The minimum atomic E-state index is 0.819. The smallest absolute Gasteiger partial charge is 0.138 e. The van der Waals surface area contributed by atoms with Gasteiger partial charge < -0.3 is 0 Å². The van der Waals surface area contributed by atoms with Gasteiger partial charge in [-0.2, -0.15) is 0 Å². The van der Waals surface area contributed by atoms with Gasteiger partial charge in [0.25, 0.3) is 0 Å². The largest absolute Gasteiger partial charge is 0.292 e. The van der Waals surface area contributed by atoms with Gasteiger partial charge in [-0.25, -0.2) is 9.97 Å². The van der Waals surface area contributed by atoms with E-state index >= 15 is 0 Å². The third-order valence-electron chi connectivity index (χ3n) is 6.59. The number of para-hydroxylation sites is 1. The van der Waals surface area contributed by atoms with Gasteiger partial charge >= 0.3 is 0 Å². The van der Waals surface area contributed by atoms with Crippen LogP contribution in [0.3, 0.4) is 0 Å². The van der Waals surface area contributed by atoms with Crippen LogP contribution in [-0.2, 0) is 0 Å². The first-order valence-electron chi connectivity index (χ1n) is 12.1. The van der Waals surface area contributed by atoms with Crippen molar-refractivity contribution in [3.63, 3.8) is 0 Å². The number of fused-ring (bicyclic) bond motifs is 3. The summed E-state index contributed by atoms with van der Waals surface area (Å²) in [6.07, 6.45) is 5.55. The number of nitrogens with zero attached hydrogens (tertiary/aromatic N) is 5. The Labute approximate surface area is 213 Å². The van der Waals surface area contributed by atoms with Crippen molar-refractivity contribution in [1.82, 2.24) is 24.5 Å². The fraction of sp³-hybridized carbons (Fsp3) is 0. The molecule has 5 aromatic heterocycles. The van der Waals surface area contributed by atoms with Crippen LogP contribution in [0.25, 0.3) is 61.5 Å². The van der Waals surface area contributed by atoms with Crippen LogP contribution in [0.15, 0.2) is 128 Å². The molecule has 0 unspecified atom stereocenters. The number of benzene rings is 2. The minimum absolute atomic E-state index is 0.819. The van der Waals surface area contributed by atoms with Crippen molar-refractivity contribution < 1.29 is 0 Å². The van der Waals surface area contributed by atoms with Crippen LogP contribution in [0.1, 0.15) is 0 Å². The average Bonchev–Trinajstić information content (AvgIpc) is 3.32. The van der Waals surface area contributed by atoms with Crippen molar-refractivity contribution in [3.8, 4) is 39.7 Å². The van der Waals surface area contributed by atoms with E-state index in [-0.39, 0.29) is 0 Å². The Morgan fingerprint density at radius 1 is 0.459 bits per heavy atom. The molecule has 37 heavy (non-hydrogen) atoms. The molecule has 0 saturated heterocycles. The van der Waals surface area contributed by atoms with E-state index in [1.807, 2.05) is 73.2 Å². The summed E-state index contributed by atoms with van der Waals surface area (Å²) in [5.41, 5.74) is 7.76. The van der Waals surface area contributed by atoms with Gasteiger partial charge in [0, 0.05) is 34.3 Å². The van der Waals surface area contributed by atoms with E-state index in [0.29, 0.717) is 0 Å². The molecule has 0 atom stereocenters. The number of rotatable bonds is 4. The molecule has 7 aromatic rings. The van der Waals surface area contributed by atoms with Crippen molar-refractivity contribution in [2.45, 2.75) is 0 Å². The van der Waals surface area contributed by atoms with E-state index in [0.717, 1.165) is 56.1 Å². The van der Waals surface area contributed by atoms with Gasteiger partial charge in [0.1, 0.15) is 5.82 Å². The molecule has 5 heterocycles. The van der Waals surface area contributed by atoms with Gasteiger partial charge in [-0.1, -0.05) is 60.7 Å². The lowest BCUT2D eigenvalue weighted by molar-refractivity contribution is 1.07. The summed E-state index contributed by atoms with van der Waals surface area (Å²) >= 11 is 0. The van der Waals surface area contributed by atoms with E-state index in [4.69, 9.17) is 9.97 Å². The van der Waals surface area contributed by atoms with Crippen molar-refractivity contribution in [2.24, 2.45) is 0 Å². The van der Waals surface area contributed by atoms with Crippen LogP contribution < -0.4 is 0 Å². The lowest BCUT2D eigenvalue weighted by atomic mass is 10.1. The van der Waals surface area contributed by atoms with Gasteiger partial charge in [-0.3, -0.25) is 14.5 Å². The molecule has 0 aliphatic rings. The van der Waals surface area contributed by atoms with Crippen molar-refractivity contribution in [3.05, 3.63) is 128 Å². The highest BCUT2D eigenvalue weighted by atomic mass is 15.1. The van der Waals surface area contributed by atoms with Crippen LogP contribution in [0.2, 0.25) is 0 Å². The lowest BCUT2D eigenvalue weighted by Gasteiger charge is -2.10. The van der Waals surface area contributed by atoms with Crippen LogP contribution in [-0.4, -0.2) is 24.5 Å². The van der Waals surface area contributed by atoms with Crippen LogP contribution in [0, 0.1) is 0 Å².